The second-order valence-corrected chi connectivity index (χ2v) is 10.4. The van der Waals surface area contributed by atoms with Crippen molar-refractivity contribution >= 4 is 52.1 Å². The Morgan fingerprint density at radius 1 is 1.25 bits per heavy atom. The highest BCUT2D eigenvalue weighted by Crippen LogP contribution is 2.51. The normalized spacial score (nSPS) is 24.3. The van der Waals surface area contributed by atoms with Gasteiger partial charge in [-0.05, 0) is 42.4 Å². The van der Waals surface area contributed by atoms with Crippen LogP contribution in [-0.2, 0) is 13.1 Å². The summed E-state index contributed by atoms with van der Waals surface area (Å²) in [6, 6.07) is 5.89. The Bertz CT molecular complexity index is 885. The van der Waals surface area contributed by atoms with Gasteiger partial charge in [0, 0.05) is 34.7 Å². The van der Waals surface area contributed by atoms with Gasteiger partial charge in [-0.1, -0.05) is 18.5 Å². The van der Waals surface area contributed by atoms with Crippen molar-refractivity contribution in [1.29, 1.82) is 0 Å². The van der Waals surface area contributed by atoms with Gasteiger partial charge in [-0.2, -0.15) is 0 Å². The number of halogens is 1. The third-order valence-electron chi connectivity index (χ3n) is 4.19. The van der Waals surface area contributed by atoms with E-state index in [9.17, 15) is 4.79 Å². The Hall–Kier alpha value is -0.630. The van der Waals surface area contributed by atoms with Gasteiger partial charge in [0.25, 0.3) is 0 Å². The number of hydrogen-bond acceptors (Lipinski definition) is 5. The monoisotopic (exact) mass is 399 g/mol. The summed E-state index contributed by atoms with van der Waals surface area (Å²) in [4.78, 5) is 17.9. The molecule has 0 amide bonds. The molecule has 2 aromatic rings. The number of fused-ring (bicyclic) bond motifs is 1. The molecule has 0 radical (unpaired) electrons. The molecule has 4 rings (SSSR count). The molecule has 0 saturated carbocycles. The summed E-state index contributed by atoms with van der Waals surface area (Å²) in [5.41, 5.74) is 2.10. The molecule has 1 aromatic carbocycles. The summed E-state index contributed by atoms with van der Waals surface area (Å²) in [5.74, 6) is 1.14. The fourth-order valence-electron chi connectivity index (χ4n) is 3.01. The lowest BCUT2D eigenvalue weighted by Crippen LogP contribution is -2.31. The molecule has 0 spiro atoms. The van der Waals surface area contributed by atoms with Gasteiger partial charge in [0.15, 0.2) is 0 Å². The quantitative estimate of drug-likeness (QED) is 0.757. The van der Waals surface area contributed by atoms with Crippen LogP contribution in [-0.4, -0.2) is 20.4 Å². The summed E-state index contributed by atoms with van der Waals surface area (Å²) in [5, 5.41) is 1.38. The zero-order chi connectivity index (χ0) is 16.7. The molecule has 0 bridgehead atoms. The lowest BCUT2D eigenvalue weighted by atomic mass is 10.2. The molecule has 1 aromatic heterocycles. The molecule has 24 heavy (non-hydrogen) atoms. The lowest BCUT2D eigenvalue weighted by molar-refractivity contribution is 0.345. The van der Waals surface area contributed by atoms with Gasteiger partial charge in [-0.15, -0.1) is 23.5 Å². The molecule has 2 unspecified atom stereocenters. The average Bonchev–Trinajstić information content (AvgIpc) is 3.14. The van der Waals surface area contributed by atoms with Gasteiger partial charge in [0.1, 0.15) is 0 Å². The first-order valence-electron chi connectivity index (χ1n) is 8.04. The Kier molecular flexibility index (Phi) is 4.86. The second-order valence-electron chi connectivity index (χ2n) is 6.03. The Morgan fingerprint density at radius 3 is 2.79 bits per heavy atom. The van der Waals surface area contributed by atoms with E-state index in [0.29, 0.717) is 9.83 Å². The topological polar surface area (TPSA) is 39.3 Å². The fourth-order valence-corrected chi connectivity index (χ4v) is 7.32. The predicted octanol–water partition coefficient (Wildman–Crippen LogP) is 4.26. The molecule has 0 aliphatic carbocycles. The molecule has 0 N–H and O–H groups in total. The van der Waals surface area contributed by atoms with Crippen molar-refractivity contribution in [2.24, 2.45) is 4.99 Å². The van der Waals surface area contributed by atoms with Crippen LogP contribution in [0.4, 0.5) is 5.69 Å². The highest BCUT2D eigenvalue weighted by molar-refractivity contribution is 8.19. The standard InChI is InChI=1S/C16H18ClN3OS3/c1-10-9-22-14(23-10)12-8-11(17)4-5-13(12)18-15-19-6-2-3-7-20(19)16(21)24-15/h4-5,8,10,14H,2-3,6-7,9H2,1H3. The van der Waals surface area contributed by atoms with E-state index >= 15 is 0 Å². The summed E-state index contributed by atoms with van der Waals surface area (Å²) < 4.78 is 4.22. The third-order valence-corrected chi connectivity index (χ3v) is 8.63. The van der Waals surface area contributed by atoms with E-state index in [0.717, 1.165) is 52.8 Å². The van der Waals surface area contributed by atoms with Gasteiger partial charge in [0.2, 0.25) is 4.80 Å². The number of hydrogen-bond donors (Lipinski definition) is 0. The smallest absolute Gasteiger partial charge is 0.256 e. The molecule has 1 fully saturated rings. The van der Waals surface area contributed by atoms with Gasteiger partial charge in [-0.3, -0.25) is 9.48 Å². The van der Waals surface area contributed by atoms with Crippen LogP contribution in [0, 0.1) is 0 Å². The number of thioether (sulfide) groups is 2. The minimum absolute atomic E-state index is 0.0854. The molecule has 2 aliphatic rings. The fraction of sp³-hybridized carbons (Fsp3) is 0.500. The SMILES string of the molecule is CC1CSC(c2cc(Cl)ccc2N=c2sc(=O)n3n2CCCC3)S1. The van der Waals surface area contributed by atoms with E-state index in [1.807, 2.05) is 51.1 Å². The van der Waals surface area contributed by atoms with Crippen molar-refractivity contribution in [1.82, 2.24) is 9.36 Å². The number of benzene rings is 1. The van der Waals surface area contributed by atoms with Crippen molar-refractivity contribution in [3.8, 4) is 0 Å². The number of rotatable bonds is 2. The van der Waals surface area contributed by atoms with Crippen LogP contribution >= 0.6 is 46.5 Å². The third kappa shape index (κ3) is 3.23. The van der Waals surface area contributed by atoms with Crippen LogP contribution in [0.2, 0.25) is 5.02 Å². The van der Waals surface area contributed by atoms with Crippen molar-refractivity contribution in [2.75, 3.05) is 5.75 Å². The van der Waals surface area contributed by atoms with E-state index in [2.05, 4.69) is 6.92 Å². The summed E-state index contributed by atoms with van der Waals surface area (Å²) in [6.07, 6.45) is 2.16. The first kappa shape index (κ1) is 16.8. The van der Waals surface area contributed by atoms with Gasteiger partial charge in [-0.25, -0.2) is 9.67 Å². The van der Waals surface area contributed by atoms with Crippen molar-refractivity contribution in [2.45, 2.75) is 42.7 Å². The molecular weight excluding hydrogens is 382 g/mol. The maximum absolute atomic E-state index is 12.2. The van der Waals surface area contributed by atoms with E-state index < -0.39 is 0 Å². The van der Waals surface area contributed by atoms with Crippen molar-refractivity contribution in [3.05, 3.63) is 43.3 Å². The van der Waals surface area contributed by atoms with E-state index in [-0.39, 0.29) is 4.87 Å². The zero-order valence-corrected chi connectivity index (χ0v) is 16.5. The molecule has 1 saturated heterocycles. The largest absolute Gasteiger partial charge is 0.325 e. The molecule has 3 heterocycles. The predicted molar refractivity (Wildman–Crippen MR) is 105 cm³/mol. The zero-order valence-electron chi connectivity index (χ0n) is 13.3. The minimum Gasteiger partial charge on any atom is -0.256 e. The van der Waals surface area contributed by atoms with E-state index in [1.54, 1.807) is 0 Å². The first-order chi connectivity index (χ1) is 11.6. The van der Waals surface area contributed by atoms with Gasteiger partial charge >= 0.3 is 4.87 Å². The molecule has 4 nitrogen and oxygen atoms in total. The highest BCUT2D eigenvalue weighted by Gasteiger charge is 2.26. The summed E-state index contributed by atoms with van der Waals surface area (Å²) in [7, 11) is 0. The minimum atomic E-state index is 0.0854. The van der Waals surface area contributed by atoms with Crippen LogP contribution in [0.15, 0.2) is 28.0 Å². The van der Waals surface area contributed by atoms with Crippen LogP contribution in [0.3, 0.4) is 0 Å². The second kappa shape index (κ2) is 6.94. The lowest BCUT2D eigenvalue weighted by Gasteiger charge is -2.16. The molecule has 2 atom stereocenters. The highest BCUT2D eigenvalue weighted by atomic mass is 35.5. The summed E-state index contributed by atoms with van der Waals surface area (Å²) in [6.45, 7) is 3.92. The Morgan fingerprint density at radius 2 is 2.04 bits per heavy atom. The van der Waals surface area contributed by atoms with Crippen molar-refractivity contribution < 1.29 is 0 Å². The van der Waals surface area contributed by atoms with Crippen LogP contribution in [0.1, 0.15) is 29.9 Å². The Labute approximate surface area is 157 Å². The van der Waals surface area contributed by atoms with Crippen LogP contribution < -0.4 is 9.67 Å². The molecular formula is C16H18ClN3OS3. The number of nitrogens with zero attached hydrogens (tertiary/aromatic N) is 3. The van der Waals surface area contributed by atoms with Crippen LogP contribution in [0.5, 0.6) is 0 Å². The number of aromatic nitrogens is 2. The van der Waals surface area contributed by atoms with Gasteiger partial charge in [0.05, 0.1) is 10.3 Å². The van der Waals surface area contributed by atoms with E-state index in [1.165, 1.54) is 11.3 Å². The molecule has 2 aliphatic heterocycles. The van der Waals surface area contributed by atoms with E-state index in [4.69, 9.17) is 16.6 Å². The molecule has 8 heteroatoms. The Balaban J connectivity index is 1.82. The average molecular weight is 400 g/mol. The van der Waals surface area contributed by atoms with Crippen molar-refractivity contribution in [3.63, 3.8) is 0 Å². The maximum atomic E-state index is 12.2. The summed E-state index contributed by atoms with van der Waals surface area (Å²) >= 11 is 11.4. The maximum Gasteiger partial charge on any atom is 0.325 e. The first-order valence-corrected chi connectivity index (χ1v) is 11.2. The van der Waals surface area contributed by atoms with Gasteiger partial charge < -0.3 is 0 Å². The molecule has 128 valence electrons. The van der Waals surface area contributed by atoms with Crippen LogP contribution in [0.25, 0.3) is 0 Å².